The summed E-state index contributed by atoms with van der Waals surface area (Å²) in [6, 6.07) is 12.1. The van der Waals surface area contributed by atoms with E-state index in [2.05, 4.69) is 25.3 Å². The van der Waals surface area contributed by atoms with Gasteiger partial charge in [-0.15, -0.1) is 0 Å². The fourth-order valence-corrected chi connectivity index (χ4v) is 9.53. The monoisotopic (exact) mass is 854 g/mol. The number of hydrogen-bond acceptors (Lipinski definition) is 12. The topological polar surface area (TPSA) is 183 Å². The van der Waals surface area contributed by atoms with Crippen molar-refractivity contribution in [2.24, 2.45) is 22.9 Å². The Morgan fingerprint density at radius 2 is 1.75 bits per heavy atom. The minimum atomic E-state index is -0.913. The first kappa shape index (κ1) is 40.4. The molecule has 5 aromatic rings. The quantitative estimate of drug-likeness (QED) is 0.143. The van der Waals surface area contributed by atoms with Crippen LogP contribution in [0.3, 0.4) is 0 Å². The lowest BCUT2D eigenvalue weighted by atomic mass is 9.73. The van der Waals surface area contributed by atoms with Crippen LogP contribution in [0.4, 0.5) is 0 Å². The Balaban J connectivity index is 0.888. The maximum atomic E-state index is 14.5. The fourth-order valence-electron chi connectivity index (χ4n) is 9.53. The Labute approximate surface area is 364 Å². The predicted octanol–water partition coefficient (Wildman–Crippen LogP) is 5.94. The summed E-state index contributed by atoms with van der Waals surface area (Å²) in [5, 5.41) is 9.85. The number of rotatable bonds is 13. The largest absolute Gasteiger partial charge is 0.493 e. The van der Waals surface area contributed by atoms with Gasteiger partial charge < -0.3 is 38.9 Å². The number of hydrazone groups is 1. The molecule has 2 N–H and O–H groups in total. The Kier molecular flexibility index (Phi) is 11.0. The van der Waals surface area contributed by atoms with Gasteiger partial charge in [-0.05, 0) is 86.4 Å². The number of H-pyrrole nitrogens is 1. The average Bonchev–Trinajstić information content (AvgIpc) is 3.85. The molecular weight excluding hydrogens is 805 g/mol. The first-order chi connectivity index (χ1) is 30.9. The Bertz CT molecular complexity index is 2570. The van der Waals surface area contributed by atoms with E-state index in [-0.39, 0.29) is 48.5 Å². The maximum absolute atomic E-state index is 14.5. The lowest BCUT2D eigenvalue weighted by Gasteiger charge is -2.43. The van der Waals surface area contributed by atoms with Gasteiger partial charge in [-0.3, -0.25) is 19.4 Å². The van der Waals surface area contributed by atoms with Crippen molar-refractivity contribution in [1.29, 1.82) is 0 Å². The third kappa shape index (κ3) is 7.87. The minimum absolute atomic E-state index is 0.0282. The Hall–Kier alpha value is -6.71. The maximum Gasteiger partial charge on any atom is 0.255 e. The van der Waals surface area contributed by atoms with Crippen molar-refractivity contribution in [3.05, 3.63) is 84.1 Å². The Morgan fingerprint density at radius 1 is 0.937 bits per heavy atom. The predicted molar refractivity (Wildman–Crippen MR) is 231 cm³/mol. The molecule has 2 saturated carbocycles. The molecule has 3 aliphatic heterocycles. The highest BCUT2D eigenvalue weighted by Crippen LogP contribution is 2.48. The second-order valence-corrected chi connectivity index (χ2v) is 17.0. The summed E-state index contributed by atoms with van der Waals surface area (Å²) in [5.41, 5.74) is 4.89. The fraction of sp³-hybridized carbons (Fsp3) is 0.426. The first-order valence-electron chi connectivity index (χ1n) is 21.9. The highest BCUT2D eigenvalue weighted by atomic mass is 16.7. The molecule has 3 amide bonds. The van der Waals surface area contributed by atoms with Gasteiger partial charge >= 0.3 is 0 Å². The van der Waals surface area contributed by atoms with Crippen LogP contribution in [0.2, 0.25) is 0 Å². The molecular formula is C47H50N8O8. The number of carbonyl (C=O) groups excluding carboxylic acids is 3. The van der Waals surface area contributed by atoms with Crippen LogP contribution < -0.4 is 29.0 Å². The van der Waals surface area contributed by atoms with Gasteiger partial charge in [0.2, 0.25) is 18.6 Å². The second-order valence-electron chi connectivity index (χ2n) is 17.0. The molecule has 0 bridgehead atoms. The number of hydrogen-bond donors (Lipinski definition) is 2. The van der Waals surface area contributed by atoms with Crippen LogP contribution >= 0.6 is 0 Å². The summed E-state index contributed by atoms with van der Waals surface area (Å²) in [7, 11) is 3.22. The van der Waals surface area contributed by atoms with E-state index < -0.39 is 11.9 Å². The van der Waals surface area contributed by atoms with Gasteiger partial charge in [-0.25, -0.2) is 15.0 Å². The van der Waals surface area contributed by atoms with Gasteiger partial charge in [0.05, 0.1) is 49.2 Å². The van der Waals surface area contributed by atoms with E-state index >= 15 is 0 Å². The number of methoxy groups -OCH3 is 2. The van der Waals surface area contributed by atoms with Gasteiger partial charge in [0.1, 0.15) is 29.3 Å². The van der Waals surface area contributed by atoms with E-state index in [0.717, 1.165) is 55.4 Å². The molecule has 63 heavy (non-hydrogen) atoms. The lowest BCUT2D eigenvalue weighted by Crippen LogP contribution is -2.55. The molecule has 3 atom stereocenters. The van der Waals surface area contributed by atoms with Gasteiger partial charge in [0.25, 0.3) is 5.91 Å². The number of carbonyl (C=O) groups is 3. The number of aromatic amines is 1. The normalized spacial score (nSPS) is 20.2. The smallest absolute Gasteiger partial charge is 0.255 e. The Morgan fingerprint density at radius 3 is 2.52 bits per heavy atom. The molecule has 16 heteroatoms. The molecule has 16 nitrogen and oxygen atoms in total. The van der Waals surface area contributed by atoms with E-state index in [1.165, 1.54) is 6.33 Å². The number of benzene rings is 2. The molecule has 5 aliphatic rings. The molecule has 326 valence electrons. The minimum Gasteiger partial charge on any atom is -0.493 e. The molecule has 1 saturated heterocycles. The average molecular weight is 855 g/mol. The summed E-state index contributed by atoms with van der Waals surface area (Å²) in [4.78, 5) is 61.4. The molecule has 0 unspecified atom stereocenters. The summed E-state index contributed by atoms with van der Waals surface area (Å²) < 4.78 is 29.0. The summed E-state index contributed by atoms with van der Waals surface area (Å²) in [6.07, 6.45) is 13.7. The number of nitrogens with zero attached hydrogens (tertiary/aromatic N) is 6. The van der Waals surface area contributed by atoms with E-state index in [1.807, 2.05) is 42.5 Å². The van der Waals surface area contributed by atoms with E-state index in [1.54, 1.807) is 42.7 Å². The van der Waals surface area contributed by atoms with Crippen LogP contribution in [0.25, 0.3) is 22.3 Å². The number of nitrogens with one attached hydrogen (secondary N) is 2. The third-order valence-corrected chi connectivity index (χ3v) is 13.1. The number of amides is 3. The van der Waals surface area contributed by atoms with Crippen molar-refractivity contribution in [2.75, 3.05) is 40.7 Å². The van der Waals surface area contributed by atoms with E-state index in [4.69, 9.17) is 28.8 Å². The summed E-state index contributed by atoms with van der Waals surface area (Å²) in [5.74, 6) is 2.70. The van der Waals surface area contributed by atoms with Crippen molar-refractivity contribution in [2.45, 2.75) is 69.9 Å². The summed E-state index contributed by atoms with van der Waals surface area (Å²) in [6.45, 7) is 1.43. The van der Waals surface area contributed by atoms with E-state index in [9.17, 15) is 14.4 Å². The van der Waals surface area contributed by atoms with Crippen LogP contribution in [-0.4, -0.2) is 106 Å². The highest BCUT2D eigenvalue weighted by Gasteiger charge is 2.44. The zero-order valence-corrected chi connectivity index (χ0v) is 35.4. The summed E-state index contributed by atoms with van der Waals surface area (Å²) >= 11 is 0. The highest BCUT2D eigenvalue weighted by molar-refractivity contribution is 6.09. The molecule has 6 heterocycles. The van der Waals surface area contributed by atoms with Crippen molar-refractivity contribution >= 4 is 34.5 Å². The number of pyridine rings is 1. The molecule has 10 rings (SSSR count). The standard InChI is InChI=1S/C47H50N8O8/c1-59-35-12-11-29(21-38(35)60-2)40-31-7-3-4-8-32(31)46(57)55(53-40)30-15-18-54(19-16-30)47(58)34(20-28-6-5-17-48-22-28)52-45(56)33-23-49-43-41(33)50-25-51-42(43)39-36(61-24-27-9-10-27)13-14-37-44(39)63-26-62-37/h5-6,11-14,17,21-23,25,27,30-32,34,49H,3-4,7-10,15-16,18-20,24,26H2,1-2H3,(H,52,56)/t31-,32+,34-/m0/s1. The number of likely N-dealkylation sites (tertiary alicyclic amines) is 1. The third-order valence-electron chi connectivity index (χ3n) is 13.1. The lowest BCUT2D eigenvalue weighted by molar-refractivity contribution is -0.143. The molecule has 0 spiro atoms. The number of aromatic nitrogens is 4. The van der Waals surface area contributed by atoms with Crippen LogP contribution in [0.1, 0.15) is 72.9 Å². The molecule has 3 fully saturated rings. The number of fused-ring (bicyclic) bond motifs is 3. The number of ether oxygens (including phenoxy) is 5. The van der Waals surface area contributed by atoms with Gasteiger partial charge in [-0.2, -0.15) is 5.10 Å². The van der Waals surface area contributed by atoms with Crippen molar-refractivity contribution in [1.82, 2.24) is 35.2 Å². The van der Waals surface area contributed by atoms with Crippen LogP contribution in [0.15, 0.2) is 72.5 Å². The zero-order valence-electron chi connectivity index (χ0n) is 35.4. The molecule has 2 aliphatic carbocycles. The van der Waals surface area contributed by atoms with Gasteiger partial charge in [0.15, 0.2) is 23.0 Å². The van der Waals surface area contributed by atoms with Crippen LogP contribution in [0.5, 0.6) is 28.7 Å². The van der Waals surface area contributed by atoms with Gasteiger partial charge in [-0.1, -0.05) is 18.9 Å². The van der Waals surface area contributed by atoms with Crippen LogP contribution in [-0.2, 0) is 16.0 Å². The van der Waals surface area contributed by atoms with Crippen molar-refractivity contribution < 1.29 is 38.1 Å². The second kappa shape index (κ2) is 17.2. The SMILES string of the molecule is COc1ccc(C2=NN(C3CCN(C(=O)[C@H](Cc4cccnc4)NC(=O)c4c[nH]c5c(-c6c(OCC7CC7)ccc7c6OCO7)ncnc45)CC3)C(=O)[C@@H]3CCCC[C@H]23)cc1OC. The van der Waals surface area contributed by atoms with Crippen molar-refractivity contribution in [3.63, 3.8) is 0 Å². The molecule has 3 aromatic heterocycles. The zero-order chi connectivity index (χ0) is 43.0. The molecule has 0 radical (unpaired) electrons. The van der Waals surface area contributed by atoms with Gasteiger partial charge in [0, 0.05) is 55.5 Å². The number of piperidine rings is 1. The van der Waals surface area contributed by atoms with E-state index in [0.29, 0.717) is 89.5 Å². The van der Waals surface area contributed by atoms with Crippen molar-refractivity contribution in [3.8, 4) is 40.0 Å². The van der Waals surface area contributed by atoms with Crippen LogP contribution in [0, 0.1) is 17.8 Å². The molecule has 2 aromatic carbocycles. The first-order valence-corrected chi connectivity index (χ1v) is 21.9.